The summed E-state index contributed by atoms with van der Waals surface area (Å²) in [6, 6.07) is 2.95. The van der Waals surface area contributed by atoms with E-state index in [1.807, 2.05) is 0 Å². The van der Waals surface area contributed by atoms with Gasteiger partial charge in [0.25, 0.3) is 0 Å². The molecule has 0 aliphatic rings. The zero-order chi connectivity index (χ0) is 15.9. The summed E-state index contributed by atoms with van der Waals surface area (Å²) in [5.74, 6) is -2.14. The zero-order valence-corrected chi connectivity index (χ0v) is 12.1. The normalized spacial score (nSPS) is 13.8. The van der Waals surface area contributed by atoms with E-state index < -0.39 is 23.0 Å². The van der Waals surface area contributed by atoms with E-state index in [1.165, 1.54) is 0 Å². The van der Waals surface area contributed by atoms with E-state index in [2.05, 4.69) is 0 Å². The Hall–Kier alpha value is -1.53. The van der Waals surface area contributed by atoms with Crippen molar-refractivity contribution in [1.82, 2.24) is 0 Å². The Kier molecular flexibility index (Phi) is 6.71. The van der Waals surface area contributed by atoms with Gasteiger partial charge in [0, 0.05) is 19.2 Å². The first-order chi connectivity index (χ1) is 10.00. The van der Waals surface area contributed by atoms with Gasteiger partial charge in [-0.25, -0.2) is 8.78 Å². The van der Waals surface area contributed by atoms with Crippen molar-refractivity contribution in [2.75, 3.05) is 19.8 Å². The second-order valence-corrected chi connectivity index (χ2v) is 4.85. The van der Waals surface area contributed by atoms with Crippen LogP contribution in [0.2, 0.25) is 0 Å². The Morgan fingerprint density at radius 2 is 1.90 bits per heavy atom. The molecule has 0 saturated heterocycles. The van der Waals surface area contributed by atoms with Gasteiger partial charge in [-0.1, -0.05) is 0 Å². The Morgan fingerprint density at radius 3 is 2.38 bits per heavy atom. The molecular weight excluding hydrogens is 280 g/mol. The summed E-state index contributed by atoms with van der Waals surface area (Å²) in [5, 5.41) is 8.87. The fourth-order valence-electron chi connectivity index (χ4n) is 2.31. The third-order valence-corrected chi connectivity index (χ3v) is 3.44. The van der Waals surface area contributed by atoms with Crippen LogP contribution in [0.5, 0.6) is 0 Å². The van der Waals surface area contributed by atoms with Gasteiger partial charge < -0.3 is 15.6 Å². The van der Waals surface area contributed by atoms with Crippen molar-refractivity contribution in [3.05, 3.63) is 35.4 Å². The van der Waals surface area contributed by atoms with Crippen molar-refractivity contribution in [1.29, 1.82) is 0 Å². The van der Waals surface area contributed by atoms with E-state index in [-0.39, 0.29) is 31.7 Å². The highest BCUT2D eigenvalue weighted by molar-refractivity contribution is 5.83. The van der Waals surface area contributed by atoms with Gasteiger partial charge in [0.2, 0.25) is 0 Å². The Bertz CT molecular complexity index is 462. The van der Waals surface area contributed by atoms with Crippen LogP contribution in [-0.4, -0.2) is 30.8 Å². The van der Waals surface area contributed by atoms with E-state index in [1.54, 1.807) is 6.92 Å². The number of rotatable bonds is 8. The summed E-state index contributed by atoms with van der Waals surface area (Å²) in [4.78, 5) is 12.3. The van der Waals surface area contributed by atoms with E-state index in [0.29, 0.717) is 12.8 Å². The maximum Gasteiger partial charge on any atom is 0.317 e. The molecule has 0 aromatic heterocycles. The minimum atomic E-state index is -1.30. The van der Waals surface area contributed by atoms with E-state index in [0.717, 1.165) is 18.2 Å². The molecule has 1 atom stereocenters. The second-order valence-electron chi connectivity index (χ2n) is 4.85. The molecule has 0 radical (unpaired) electrons. The van der Waals surface area contributed by atoms with E-state index in [4.69, 9.17) is 15.6 Å². The number of aliphatic hydroxyl groups excluding tert-OH is 1. The van der Waals surface area contributed by atoms with Crippen LogP contribution in [0.3, 0.4) is 0 Å². The first kappa shape index (κ1) is 17.5. The Balaban J connectivity index is 3.22. The van der Waals surface area contributed by atoms with Gasteiger partial charge in [-0.2, -0.15) is 0 Å². The number of carbonyl (C=O) groups is 1. The number of esters is 1. The van der Waals surface area contributed by atoms with Crippen molar-refractivity contribution >= 4 is 5.97 Å². The van der Waals surface area contributed by atoms with Gasteiger partial charge >= 0.3 is 5.97 Å². The number of hydrogen-bond donors (Lipinski definition) is 2. The molecule has 3 N–H and O–H groups in total. The quantitative estimate of drug-likeness (QED) is 0.568. The van der Waals surface area contributed by atoms with Gasteiger partial charge in [0.1, 0.15) is 17.0 Å². The molecule has 0 fully saturated rings. The lowest BCUT2D eigenvalue weighted by Crippen LogP contribution is -2.44. The summed E-state index contributed by atoms with van der Waals surface area (Å²) in [6.45, 7) is 1.65. The fourth-order valence-corrected chi connectivity index (χ4v) is 2.31. The van der Waals surface area contributed by atoms with Crippen LogP contribution in [0, 0.1) is 11.6 Å². The molecular formula is C15H21F2NO3. The van der Waals surface area contributed by atoms with Gasteiger partial charge in [0.05, 0.1) is 6.61 Å². The average molecular weight is 301 g/mol. The van der Waals surface area contributed by atoms with Crippen LogP contribution < -0.4 is 5.73 Å². The lowest BCUT2D eigenvalue weighted by atomic mass is 9.76. The summed E-state index contributed by atoms with van der Waals surface area (Å²) >= 11 is 0. The van der Waals surface area contributed by atoms with Gasteiger partial charge in [0.15, 0.2) is 0 Å². The molecule has 0 bridgehead atoms. The average Bonchev–Trinajstić information content (AvgIpc) is 2.43. The largest absolute Gasteiger partial charge is 0.465 e. The van der Waals surface area contributed by atoms with E-state index >= 15 is 0 Å². The van der Waals surface area contributed by atoms with Crippen molar-refractivity contribution in [2.24, 2.45) is 5.73 Å². The number of hydrogen-bond acceptors (Lipinski definition) is 4. The topological polar surface area (TPSA) is 72.5 Å². The van der Waals surface area contributed by atoms with Crippen LogP contribution in [0.25, 0.3) is 0 Å². The standard InChI is InChI=1S/C15H21F2NO3/c1-2-21-14(20)15(10-18,5-3-4-6-19)11-7-12(16)9-13(17)8-11/h7-9,19H,2-6,10,18H2,1H3. The third-order valence-electron chi connectivity index (χ3n) is 3.44. The second kappa shape index (κ2) is 8.05. The molecule has 0 heterocycles. The third kappa shape index (κ3) is 4.22. The van der Waals surface area contributed by atoms with Gasteiger partial charge in [-0.15, -0.1) is 0 Å². The molecule has 0 saturated carbocycles. The monoisotopic (exact) mass is 301 g/mol. The summed E-state index contributed by atoms with van der Waals surface area (Å²) < 4.78 is 32.0. The van der Waals surface area contributed by atoms with Crippen molar-refractivity contribution in [2.45, 2.75) is 31.6 Å². The molecule has 21 heavy (non-hydrogen) atoms. The number of halogens is 2. The highest BCUT2D eigenvalue weighted by Crippen LogP contribution is 2.32. The fraction of sp³-hybridized carbons (Fsp3) is 0.533. The SMILES string of the molecule is CCOC(=O)C(CN)(CCCCO)c1cc(F)cc(F)c1. The molecule has 4 nitrogen and oxygen atoms in total. The first-order valence-electron chi connectivity index (χ1n) is 6.95. The molecule has 0 amide bonds. The molecule has 1 aromatic carbocycles. The maximum atomic E-state index is 13.5. The number of benzene rings is 1. The zero-order valence-electron chi connectivity index (χ0n) is 12.1. The number of aliphatic hydroxyl groups is 1. The molecule has 0 spiro atoms. The highest BCUT2D eigenvalue weighted by atomic mass is 19.1. The lowest BCUT2D eigenvalue weighted by Gasteiger charge is -2.30. The van der Waals surface area contributed by atoms with Crippen LogP contribution in [0.1, 0.15) is 31.7 Å². The predicted molar refractivity (Wildman–Crippen MR) is 74.7 cm³/mol. The molecule has 0 aliphatic heterocycles. The number of carbonyl (C=O) groups excluding carboxylic acids is 1. The van der Waals surface area contributed by atoms with Gasteiger partial charge in [-0.05, 0) is 43.9 Å². The smallest absolute Gasteiger partial charge is 0.317 e. The van der Waals surface area contributed by atoms with E-state index in [9.17, 15) is 13.6 Å². The molecule has 0 aliphatic carbocycles. The van der Waals surface area contributed by atoms with Crippen molar-refractivity contribution in [3.63, 3.8) is 0 Å². The molecule has 1 rings (SSSR count). The lowest BCUT2D eigenvalue weighted by molar-refractivity contribution is -0.150. The van der Waals surface area contributed by atoms with Crippen LogP contribution in [0.15, 0.2) is 18.2 Å². The minimum Gasteiger partial charge on any atom is -0.465 e. The minimum absolute atomic E-state index is 0.0268. The van der Waals surface area contributed by atoms with Crippen LogP contribution in [-0.2, 0) is 14.9 Å². The molecule has 118 valence electrons. The Labute approximate surface area is 122 Å². The summed E-state index contributed by atoms with van der Waals surface area (Å²) in [7, 11) is 0. The van der Waals surface area contributed by atoms with Crippen LogP contribution in [0.4, 0.5) is 8.78 Å². The molecule has 1 unspecified atom stereocenters. The Morgan fingerprint density at radius 1 is 1.29 bits per heavy atom. The molecule has 6 heteroatoms. The summed E-state index contributed by atoms with van der Waals surface area (Å²) in [5.41, 5.74) is 4.61. The van der Waals surface area contributed by atoms with Crippen molar-refractivity contribution in [3.8, 4) is 0 Å². The predicted octanol–water partition coefficient (Wildman–Crippen LogP) is 1.89. The van der Waals surface area contributed by atoms with Crippen molar-refractivity contribution < 1.29 is 23.4 Å². The number of nitrogens with two attached hydrogens (primary N) is 1. The summed E-state index contributed by atoms with van der Waals surface area (Å²) in [6.07, 6.45) is 1.22. The highest BCUT2D eigenvalue weighted by Gasteiger charge is 2.40. The number of unbranched alkanes of at least 4 members (excludes halogenated alkanes) is 1. The van der Waals surface area contributed by atoms with Crippen LogP contribution >= 0.6 is 0 Å². The molecule has 1 aromatic rings. The maximum absolute atomic E-state index is 13.5. The van der Waals surface area contributed by atoms with Gasteiger partial charge in [-0.3, -0.25) is 4.79 Å². The number of ether oxygens (including phenoxy) is 1. The first-order valence-corrected chi connectivity index (χ1v) is 6.95.